The Kier molecular flexibility index (Phi) is 4.86. The maximum atomic E-state index is 8.56. The maximum absolute atomic E-state index is 8.56. The molecule has 0 atom stereocenters. The molecule has 3 N–H and O–H groups in total. The van der Waals surface area contributed by atoms with E-state index in [2.05, 4.69) is 0 Å². The van der Waals surface area contributed by atoms with Crippen molar-refractivity contribution >= 4 is 5.69 Å². The van der Waals surface area contributed by atoms with Gasteiger partial charge in [0.2, 0.25) is 0 Å². The van der Waals surface area contributed by atoms with Crippen LogP contribution in [-0.4, -0.2) is 18.3 Å². The summed E-state index contributed by atoms with van der Waals surface area (Å²) >= 11 is 0. The standard InChI is InChI=1S/C11H17NO2/c12-10-5-4-6-11(9-10)14-8-3-1-2-7-13/h4-6,9,13H,1-3,7-8,12H2. The molecule has 0 bridgehead atoms. The molecule has 1 rings (SSSR count). The van der Waals surface area contributed by atoms with Crippen molar-refractivity contribution in [2.24, 2.45) is 0 Å². The van der Waals surface area contributed by atoms with Crippen molar-refractivity contribution in [3.63, 3.8) is 0 Å². The molecule has 0 aliphatic carbocycles. The summed E-state index contributed by atoms with van der Waals surface area (Å²) in [5, 5.41) is 8.56. The molecule has 3 heteroatoms. The largest absolute Gasteiger partial charge is 0.494 e. The molecule has 0 radical (unpaired) electrons. The smallest absolute Gasteiger partial charge is 0.121 e. The van der Waals surface area contributed by atoms with E-state index in [1.807, 2.05) is 24.3 Å². The summed E-state index contributed by atoms with van der Waals surface area (Å²) in [5.74, 6) is 0.814. The van der Waals surface area contributed by atoms with Crippen LogP contribution in [0.2, 0.25) is 0 Å². The summed E-state index contributed by atoms with van der Waals surface area (Å²) in [6, 6.07) is 7.41. The number of anilines is 1. The summed E-state index contributed by atoms with van der Waals surface area (Å²) in [6.07, 6.45) is 2.81. The minimum Gasteiger partial charge on any atom is -0.494 e. The van der Waals surface area contributed by atoms with Crippen molar-refractivity contribution in [2.75, 3.05) is 18.9 Å². The number of hydrogen-bond acceptors (Lipinski definition) is 3. The van der Waals surface area contributed by atoms with Gasteiger partial charge < -0.3 is 15.6 Å². The van der Waals surface area contributed by atoms with Gasteiger partial charge in [0.05, 0.1) is 6.61 Å². The van der Waals surface area contributed by atoms with Crippen LogP contribution in [-0.2, 0) is 0 Å². The Hall–Kier alpha value is -1.22. The van der Waals surface area contributed by atoms with Gasteiger partial charge in [-0.05, 0) is 31.4 Å². The van der Waals surface area contributed by atoms with Gasteiger partial charge in [-0.25, -0.2) is 0 Å². The fourth-order valence-corrected chi connectivity index (χ4v) is 1.18. The topological polar surface area (TPSA) is 55.5 Å². The van der Waals surface area contributed by atoms with Crippen molar-refractivity contribution in [3.8, 4) is 5.75 Å². The minimum atomic E-state index is 0.262. The monoisotopic (exact) mass is 195 g/mol. The van der Waals surface area contributed by atoms with Gasteiger partial charge in [0.1, 0.15) is 5.75 Å². The van der Waals surface area contributed by atoms with E-state index in [0.29, 0.717) is 6.61 Å². The quantitative estimate of drug-likeness (QED) is 0.537. The molecule has 14 heavy (non-hydrogen) atoms. The fourth-order valence-electron chi connectivity index (χ4n) is 1.18. The first-order valence-electron chi connectivity index (χ1n) is 4.92. The van der Waals surface area contributed by atoms with Crippen LogP contribution in [0.25, 0.3) is 0 Å². The Balaban J connectivity index is 2.18. The summed E-state index contributed by atoms with van der Waals surface area (Å²) < 4.78 is 5.47. The molecule has 3 nitrogen and oxygen atoms in total. The van der Waals surface area contributed by atoms with E-state index in [0.717, 1.165) is 30.7 Å². The van der Waals surface area contributed by atoms with E-state index in [4.69, 9.17) is 15.6 Å². The number of benzene rings is 1. The number of unbranched alkanes of at least 4 members (excludes halogenated alkanes) is 2. The Morgan fingerprint density at radius 2 is 2.07 bits per heavy atom. The average molecular weight is 195 g/mol. The zero-order valence-electron chi connectivity index (χ0n) is 8.28. The summed E-state index contributed by atoms with van der Waals surface area (Å²) in [7, 11) is 0. The minimum absolute atomic E-state index is 0.262. The van der Waals surface area contributed by atoms with Crippen LogP contribution in [0.5, 0.6) is 5.75 Å². The molecule has 0 heterocycles. The SMILES string of the molecule is Nc1cccc(OCCCCCO)c1. The third kappa shape index (κ3) is 4.14. The number of nitrogen functional groups attached to an aromatic ring is 1. The first kappa shape index (κ1) is 10.9. The van der Waals surface area contributed by atoms with Gasteiger partial charge in [0.25, 0.3) is 0 Å². The second-order valence-corrected chi connectivity index (χ2v) is 3.21. The molecule has 0 aliphatic heterocycles. The Labute approximate surface area is 84.5 Å². The second kappa shape index (κ2) is 6.27. The number of nitrogens with two attached hydrogens (primary N) is 1. The number of ether oxygens (including phenoxy) is 1. The highest BCUT2D eigenvalue weighted by atomic mass is 16.5. The molecular weight excluding hydrogens is 178 g/mol. The van der Waals surface area contributed by atoms with Gasteiger partial charge in [0.15, 0.2) is 0 Å². The lowest BCUT2D eigenvalue weighted by Crippen LogP contribution is -1.98. The lowest BCUT2D eigenvalue weighted by Gasteiger charge is -2.05. The first-order valence-corrected chi connectivity index (χ1v) is 4.92. The van der Waals surface area contributed by atoms with Crippen LogP contribution in [0.15, 0.2) is 24.3 Å². The zero-order valence-corrected chi connectivity index (χ0v) is 8.28. The van der Waals surface area contributed by atoms with Crippen molar-refractivity contribution in [3.05, 3.63) is 24.3 Å². The Morgan fingerprint density at radius 1 is 1.21 bits per heavy atom. The van der Waals surface area contributed by atoms with Gasteiger partial charge >= 0.3 is 0 Å². The average Bonchev–Trinajstić information content (AvgIpc) is 2.18. The molecule has 0 saturated heterocycles. The van der Waals surface area contributed by atoms with Gasteiger partial charge in [-0.15, -0.1) is 0 Å². The fraction of sp³-hybridized carbons (Fsp3) is 0.455. The van der Waals surface area contributed by atoms with Crippen LogP contribution in [0.4, 0.5) is 5.69 Å². The highest BCUT2D eigenvalue weighted by molar-refractivity contribution is 5.43. The Bertz CT molecular complexity index is 263. The maximum Gasteiger partial charge on any atom is 0.121 e. The van der Waals surface area contributed by atoms with Crippen molar-refractivity contribution in [1.82, 2.24) is 0 Å². The first-order chi connectivity index (χ1) is 6.83. The lowest BCUT2D eigenvalue weighted by molar-refractivity contribution is 0.266. The van der Waals surface area contributed by atoms with Gasteiger partial charge in [0, 0.05) is 18.4 Å². The highest BCUT2D eigenvalue weighted by Crippen LogP contribution is 2.14. The second-order valence-electron chi connectivity index (χ2n) is 3.21. The third-order valence-corrected chi connectivity index (χ3v) is 1.93. The van der Waals surface area contributed by atoms with E-state index in [9.17, 15) is 0 Å². The van der Waals surface area contributed by atoms with Gasteiger partial charge in [-0.3, -0.25) is 0 Å². The van der Waals surface area contributed by atoms with Crippen LogP contribution in [0.3, 0.4) is 0 Å². The summed E-state index contributed by atoms with van der Waals surface area (Å²) in [4.78, 5) is 0. The van der Waals surface area contributed by atoms with E-state index in [-0.39, 0.29) is 6.61 Å². The molecule has 0 amide bonds. The molecule has 0 saturated carbocycles. The molecule has 0 fully saturated rings. The molecule has 0 unspecified atom stereocenters. The Morgan fingerprint density at radius 3 is 2.79 bits per heavy atom. The molecule has 78 valence electrons. The third-order valence-electron chi connectivity index (χ3n) is 1.93. The number of aliphatic hydroxyl groups is 1. The van der Waals surface area contributed by atoms with Crippen LogP contribution >= 0.6 is 0 Å². The normalized spacial score (nSPS) is 10.1. The van der Waals surface area contributed by atoms with E-state index in [1.165, 1.54) is 0 Å². The van der Waals surface area contributed by atoms with Crippen molar-refractivity contribution < 1.29 is 9.84 Å². The molecule has 0 aliphatic rings. The summed E-state index contributed by atoms with van der Waals surface area (Å²) in [5.41, 5.74) is 6.32. The van der Waals surface area contributed by atoms with Crippen LogP contribution in [0, 0.1) is 0 Å². The molecule has 1 aromatic carbocycles. The molecule has 1 aromatic rings. The molecule has 0 spiro atoms. The van der Waals surface area contributed by atoms with Crippen molar-refractivity contribution in [2.45, 2.75) is 19.3 Å². The number of hydrogen-bond donors (Lipinski definition) is 2. The highest BCUT2D eigenvalue weighted by Gasteiger charge is 1.93. The van der Waals surface area contributed by atoms with E-state index >= 15 is 0 Å². The van der Waals surface area contributed by atoms with E-state index in [1.54, 1.807) is 0 Å². The van der Waals surface area contributed by atoms with Crippen LogP contribution in [0.1, 0.15) is 19.3 Å². The zero-order chi connectivity index (χ0) is 10.2. The number of rotatable bonds is 6. The number of aliphatic hydroxyl groups excluding tert-OH is 1. The molecule has 0 aromatic heterocycles. The van der Waals surface area contributed by atoms with Crippen molar-refractivity contribution in [1.29, 1.82) is 0 Å². The lowest BCUT2D eigenvalue weighted by atomic mass is 10.2. The van der Waals surface area contributed by atoms with Gasteiger partial charge in [-0.2, -0.15) is 0 Å². The predicted molar refractivity (Wildman–Crippen MR) is 57.3 cm³/mol. The summed E-state index contributed by atoms with van der Waals surface area (Å²) in [6.45, 7) is 0.946. The molecular formula is C11H17NO2. The predicted octanol–water partition coefficient (Wildman–Crippen LogP) is 1.81. The van der Waals surface area contributed by atoms with Crippen LogP contribution < -0.4 is 10.5 Å². The van der Waals surface area contributed by atoms with Gasteiger partial charge in [-0.1, -0.05) is 6.07 Å². The van der Waals surface area contributed by atoms with E-state index < -0.39 is 0 Å².